The number of pyridine rings is 2. The van der Waals surface area contributed by atoms with Gasteiger partial charge in [0.2, 0.25) is 11.8 Å². The summed E-state index contributed by atoms with van der Waals surface area (Å²) in [7, 11) is 0. The lowest BCUT2D eigenvalue weighted by atomic mass is 9.79. The highest BCUT2D eigenvalue weighted by atomic mass is 35.5. The van der Waals surface area contributed by atoms with E-state index in [1.807, 2.05) is 0 Å². The zero-order valence-electron chi connectivity index (χ0n) is 25.3. The summed E-state index contributed by atoms with van der Waals surface area (Å²) in [4.78, 5) is 45.0. The summed E-state index contributed by atoms with van der Waals surface area (Å²) in [6.07, 6.45) is 13.8. The molecule has 1 saturated heterocycles. The molecule has 3 aliphatic carbocycles. The van der Waals surface area contributed by atoms with Gasteiger partial charge in [0.15, 0.2) is 0 Å². The number of hydrogen-bond donors (Lipinski definition) is 1. The number of terminal acetylenes is 1. The summed E-state index contributed by atoms with van der Waals surface area (Å²) in [5, 5.41) is 4.29. The lowest BCUT2D eigenvalue weighted by Gasteiger charge is -2.47. The van der Waals surface area contributed by atoms with Crippen LogP contribution in [0.15, 0.2) is 46.5 Å². The van der Waals surface area contributed by atoms with Crippen LogP contribution in [0.4, 0.5) is 14.7 Å². The molecule has 242 valence electrons. The Morgan fingerprint density at radius 3 is 2.64 bits per heavy atom. The first kappa shape index (κ1) is 29.8. The Kier molecular flexibility index (Phi) is 6.81. The molecule has 47 heavy (non-hydrogen) atoms. The molecule has 0 bridgehead atoms. The standard InChI is InChI=1S/C33H31ClF2N8O3/c1-3-18-5-7-32(8-6-18)13-24(32)43-26-22(12-23(28-40-31(46)47-41-28)38-25(26)19-11-20(34)15-37-14-19)39-30(43)44-21(4-2)16-42(29(45)27(35)36)17-33(44)9-10-33/h1,4,11-12,14-15,18,21,24,27H,2,5-10,13,16-17H2,(H,40,41,46)/t18?,21-,24?,32?/m1/s1. The van der Waals surface area contributed by atoms with Crippen molar-refractivity contribution in [2.75, 3.05) is 18.0 Å². The Hall–Kier alpha value is -4.57. The van der Waals surface area contributed by atoms with Crippen molar-refractivity contribution < 1.29 is 18.1 Å². The van der Waals surface area contributed by atoms with Crippen LogP contribution >= 0.6 is 11.6 Å². The number of nitrogens with one attached hydrogen (secondary N) is 1. The number of carbonyl (C=O) groups is 1. The lowest BCUT2D eigenvalue weighted by Crippen LogP contribution is -2.62. The number of piperazine rings is 1. The van der Waals surface area contributed by atoms with E-state index in [1.54, 1.807) is 24.4 Å². The molecule has 1 amide bonds. The van der Waals surface area contributed by atoms with Crippen molar-refractivity contribution in [1.82, 2.24) is 34.6 Å². The second-order valence-corrected chi connectivity index (χ2v) is 13.7. The maximum Gasteiger partial charge on any atom is 0.439 e. The number of aromatic nitrogens is 6. The van der Waals surface area contributed by atoms with Gasteiger partial charge in [-0.15, -0.1) is 18.9 Å². The number of fused-ring (bicyclic) bond motifs is 1. The summed E-state index contributed by atoms with van der Waals surface area (Å²) in [5.74, 6) is 2.10. The highest BCUT2D eigenvalue weighted by molar-refractivity contribution is 6.30. The molecule has 1 aliphatic heterocycles. The van der Waals surface area contributed by atoms with E-state index in [-0.39, 0.29) is 36.3 Å². The number of alkyl halides is 2. The molecular weight excluding hydrogens is 630 g/mol. The van der Waals surface area contributed by atoms with Gasteiger partial charge in [0.05, 0.1) is 33.3 Å². The van der Waals surface area contributed by atoms with Gasteiger partial charge in [-0.1, -0.05) is 22.8 Å². The minimum absolute atomic E-state index is 0.0173. The van der Waals surface area contributed by atoms with Gasteiger partial charge in [-0.2, -0.15) is 8.78 Å². The second-order valence-electron chi connectivity index (χ2n) is 13.3. The van der Waals surface area contributed by atoms with E-state index in [9.17, 15) is 18.4 Å². The molecule has 4 aromatic rings. The van der Waals surface area contributed by atoms with Crippen LogP contribution in [-0.2, 0) is 4.79 Å². The van der Waals surface area contributed by atoms with Crippen LogP contribution in [-0.4, -0.2) is 71.6 Å². The quantitative estimate of drug-likeness (QED) is 0.220. The Morgan fingerprint density at radius 2 is 2.00 bits per heavy atom. The molecular formula is C33H31ClF2N8O3. The molecule has 0 aromatic carbocycles. The van der Waals surface area contributed by atoms with Gasteiger partial charge in [0.1, 0.15) is 5.69 Å². The summed E-state index contributed by atoms with van der Waals surface area (Å²) >= 11 is 6.43. The van der Waals surface area contributed by atoms with Crippen molar-refractivity contribution >= 4 is 34.5 Å². The van der Waals surface area contributed by atoms with Crippen LogP contribution in [0.2, 0.25) is 5.02 Å². The van der Waals surface area contributed by atoms with Crippen molar-refractivity contribution in [2.45, 2.75) is 69.0 Å². The Balaban J connectivity index is 1.35. The Labute approximate surface area is 273 Å². The number of nitrogens with zero attached hydrogens (tertiary/aromatic N) is 7. The van der Waals surface area contributed by atoms with E-state index in [1.165, 1.54) is 11.1 Å². The maximum atomic E-state index is 13.6. The van der Waals surface area contributed by atoms with Crippen molar-refractivity contribution in [3.63, 3.8) is 0 Å². The number of aromatic amines is 1. The number of rotatable bonds is 6. The normalized spacial score (nSPS) is 26.2. The lowest BCUT2D eigenvalue weighted by molar-refractivity contribution is -0.144. The van der Waals surface area contributed by atoms with Crippen LogP contribution in [0.1, 0.15) is 51.0 Å². The van der Waals surface area contributed by atoms with Crippen molar-refractivity contribution in [2.24, 2.45) is 11.3 Å². The third kappa shape index (κ3) is 4.83. The van der Waals surface area contributed by atoms with Gasteiger partial charge < -0.3 is 14.4 Å². The molecule has 0 radical (unpaired) electrons. The van der Waals surface area contributed by atoms with E-state index in [0.29, 0.717) is 46.3 Å². The number of hydrogen-bond acceptors (Lipinski definition) is 8. The Bertz CT molecular complexity index is 2020. The molecule has 2 atom stereocenters. The zero-order valence-corrected chi connectivity index (χ0v) is 26.1. The van der Waals surface area contributed by atoms with Crippen LogP contribution < -0.4 is 10.7 Å². The number of imidazole rings is 1. The van der Waals surface area contributed by atoms with Gasteiger partial charge in [-0.3, -0.25) is 19.3 Å². The van der Waals surface area contributed by atoms with E-state index in [4.69, 9.17) is 32.5 Å². The molecule has 4 fully saturated rings. The molecule has 4 aliphatic rings. The summed E-state index contributed by atoms with van der Waals surface area (Å²) in [5.41, 5.74) is 2.31. The minimum atomic E-state index is -3.09. The SMILES string of the molecule is C#CC1CCC2(CC1)CC2n1c(N2[C@H](C=C)CN(C(=O)C(F)F)CC23CC3)nc2cc(-c3noc(=O)[nH]3)nc(-c3cncc(Cl)c3)c21. The predicted molar refractivity (Wildman–Crippen MR) is 170 cm³/mol. The molecule has 1 unspecified atom stereocenters. The molecule has 14 heteroatoms. The molecule has 2 spiro atoms. The summed E-state index contributed by atoms with van der Waals surface area (Å²) < 4.78 is 34.3. The number of H-pyrrole nitrogens is 1. The third-order valence-electron chi connectivity index (χ3n) is 10.5. The fourth-order valence-corrected chi connectivity index (χ4v) is 8.09. The molecule has 8 rings (SSSR count). The number of amides is 1. The molecule has 11 nitrogen and oxygen atoms in total. The van der Waals surface area contributed by atoms with Crippen LogP contribution in [0, 0.1) is 23.7 Å². The highest BCUT2D eigenvalue weighted by Crippen LogP contribution is 2.67. The first-order chi connectivity index (χ1) is 22.6. The largest absolute Gasteiger partial charge is 0.439 e. The first-order valence-corrected chi connectivity index (χ1v) is 16.1. The molecule has 4 aromatic heterocycles. The van der Waals surface area contributed by atoms with Crippen LogP contribution in [0.25, 0.3) is 33.8 Å². The monoisotopic (exact) mass is 660 g/mol. The highest BCUT2D eigenvalue weighted by Gasteiger charge is 2.60. The van der Waals surface area contributed by atoms with Crippen LogP contribution in [0.5, 0.6) is 0 Å². The number of anilines is 1. The second kappa shape index (κ2) is 10.7. The fraction of sp³-hybridized carbons (Fsp3) is 0.455. The van der Waals surface area contributed by atoms with Gasteiger partial charge in [0, 0.05) is 43.0 Å². The average molecular weight is 661 g/mol. The smallest absolute Gasteiger partial charge is 0.333 e. The third-order valence-corrected chi connectivity index (χ3v) is 10.7. The van der Waals surface area contributed by atoms with E-state index in [2.05, 4.69) is 37.1 Å². The Morgan fingerprint density at radius 1 is 1.21 bits per heavy atom. The zero-order chi connectivity index (χ0) is 32.7. The van der Waals surface area contributed by atoms with Gasteiger partial charge in [0.25, 0.3) is 5.91 Å². The summed E-state index contributed by atoms with van der Waals surface area (Å²) in [6.45, 7) is 4.28. The van der Waals surface area contributed by atoms with E-state index >= 15 is 0 Å². The van der Waals surface area contributed by atoms with Crippen molar-refractivity contribution in [3.8, 4) is 35.1 Å². The predicted octanol–water partition coefficient (Wildman–Crippen LogP) is 5.25. The van der Waals surface area contributed by atoms with E-state index in [0.717, 1.165) is 37.6 Å². The topological polar surface area (TPSA) is 126 Å². The maximum absolute atomic E-state index is 13.6. The average Bonchev–Trinajstić information content (AvgIpc) is 3.88. The minimum Gasteiger partial charge on any atom is -0.333 e. The summed E-state index contributed by atoms with van der Waals surface area (Å²) in [6, 6.07) is 3.13. The van der Waals surface area contributed by atoms with Crippen molar-refractivity contribution in [1.29, 1.82) is 0 Å². The number of halogens is 3. The van der Waals surface area contributed by atoms with E-state index < -0.39 is 29.7 Å². The first-order valence-electron chi connectivity index (χ1n) is 15.7. The van der Waals surface area contributed by atoms with Gasteiger partial charge >= 0.3 is 12.2 Å². The molecule has 1 N–H and O–H groups in total. The van der Waals surface area contributed by atoms with Crippen LogP contribution in [0.3, 0.4) is 0 Å². The fourth-order valence-electron chi connectivity index (χ4n) is 7.91. The van der Waals surface area contributed by atoms with Crippen molar-refractivity contribution in [3.05, 3.63) is 52.8 Å². The van der Waals surface area contributed by atoms with Gasteiger partial charge in [-0.05, 0) is 62.5 Å². The molecule has 5 heterocycles. The van der Waals surface area contributed by atoms with Gasteiger partial charge in [-0.25, -0.2) is 14.8 Å². The number of carbonyl (C=O) groups excluding carboxylic acids is 1. The molecule has 3 saturated carbocycles.